The van der Waals surface area contributed by atoms with Crippen molar-refractivity contribution in [2.75, 3.05) is 39.4 Å². The average molecular weight is 584 g/mol. The molecule has 2 heterocycles. The Morgan fingerprint density at radius 3 is 2.61 bits per heavy atom. The Hall–Kier alpha value is -2.82. The van der Waals surface area contributed by atoms with E-state index < -0.39 is 6.04 Å². The van der Waals surface area contributed by atoms with Gasteiger partial charge in [-0.25, -0.2) is 4.98 Å². The summed E-state index contributed by atoms with van der Waals surface area (Å²) in [6.07, 6.45) is 6.54. The van der Waals surface area contributed by atoms with Crippen LogP contribution in [-0.2, 0) is 32.0 Å². The van der Waals surface area contributed by atoms with Crippen molar-refractivity contribution in [3.8, 4) is 0 Å². The molecule has 1 saturated carbocycles. The second-order valence-electron chi connectivity index (χ2n) is 11.2. The molecule has 1 aliphatic heterocycles. The van der Waals surface area contributed by atoms with E-state index in [1.54, 1.807) is 11.3 Å². The summed E-state index contributed by atoms with van der Waals surface area (Å²) in [5.41, 5.74) is 2.66. The van der Waals surface area contributed by atoms with Crippen molar-refractivity contribution < 1.29 is 19.1 Å². The molecule has 3 N–H and O–H groups in total. The number of amides is 3. The SMILES string of the molecule is C=C(CN1CCOCC1)C(=O)NC[C@@H](NC(=O)[C@H](Cc1nc2ccc(CC)cc2s1)NC(=O)CCC)C1CCCC1. The number of morpholine rings is 1. The number of nitrogens with one attached hydrogen (secondary N) is 3. The third kappa shape index (κ3) is 9.08. The highest BCUT2D eigenvalue weighted by Gasteiger charge is 2.31. The number of aryl methyl sites for hydroxylation is 1. The molecule has 3 amide bonds. The van der Waals surface area contributed by atoms with Crippen LogP contribution in [0, 0.1) is 5.92 Å². The number of ether oxygens (including phenoxy) is 1. The van der Waals surface area contributed by atoms with E-state index in [0.29, 0.717) is 51.1 Å². The molecule has 0 unspecified atom stereocenters. The van der Waals surface area contributed by atoms with Gasteiger partial charge in [0.25, 0.3) is 0 Å². The van der Waals surface area contributed by atoms with Gasteiger partial charge >= 0.3 is 0 Å². The summed E-state index contributed by atoms with van der Waals surface area (Å²) in [5.74, 6) is -0.301. The van der Waals surface area contributed by atoms with E-state index in [0.717, 1.165) is 60.4 Å². The Morgan fingerprint density at radius 2 is 1.90 bits per heavy atom. The Labute approximate surface area is 247 Å². The van der Waals surface area contributed by atoms with Gasteiger partial charge < -0.3 is 20.7 Å². The number of nitrogens with zero attached hydrogens (tertiary/aromatic N) is 2. The van der Waals surface area contributed by atoms with E-state index >= 15 is 0 Å². The number of hydrogen-bond donors (Lipinski definition) is 3. The third-order valence-corrected chi connectivity index (χ3v) is 9.07. The minimum absolute atomic E-state index is 0.146. The summed E-state index contributed by atoms with van der Waals surface area (Å²) in [6.45, 7) is 11.8. The lowest BCUT2D eigenvalue weighted by molar-refractivity contribution is -0.129. The van der Waals surface area contributed by atoms with E-state index in [1.807, 2.05) is 13.0 Å². The molecular formula is C31H45N5O4S. The molecule has 10 heteroatoms. The van der Waals surface area contributed by atoms with E-state index in [9.17, 15) is 14.4 Å². The zero-order valence-electron chi connectivity index (χ0n) is 24.5. The fourth-order valence-electron chi connectivity index (χ4n) is 5.61. The van der Waals surface area contributed by atoms with Crippen molar-refractivity contribution >= 4 is 39.3 Å². The monoisotopic (exact) mass is 583 g/mol. The number of thiazole rings is 1. The van der Waals surface area contributed by atoms with Crippen LogP contribution in [0.3, 0.4) is 0 Å². The summed E-state index contributed by atoms with van der Waals surface area (Å²) in [5, 5.41) is 10.0. The highest BCUT2D eigenvalue weighted by Crippen LogP contribution is 2.28. The Kier molecular flexibility index (Phi) is 11.7. The molecule has 9 nitrogen and oxygen atoms in total. The number of carbonyl (C=O) groups is 3. The molecule has 1 saturated heterocycles. The molecule has 0 bridgehead atoms. The zero-order valence-corrected chi connectivity index (χ0v) is 25.3. The normalized spacial score (nSPS) is 17.7. The Bertz CT molecular complexity index is 1200. The average Bonchev–Trinajstić information content (AvgIpc) is 3.65. The van der Waals surface area contributed by atoms with E-state index in [-0.39, 0.29) is 29.7 Å². The first-order valence-electron chi connectivity index (χ1n) is 15.1. The maximum absolute atomic E-state index is 13.7. The highest BCUT2D eigenvalue weighted by atomic mass is 32.1. The van der Waals surface area contributed by atoms with Gasteiger partial charge in [0.05, 0.1) is 28.4 Å². The number of rotatable bonds is 14. The van der Waals surface area contributed by atoms with Gasteiger partial charge in [-0.15, -0.1) is 11.3 Å². The third-order valence-electron chi connectivity index (χ3n) is 8.03. The van der Waals surface area contributed by atoms with Crippen LogP contribution in [0.5, 0.6) is 0 Å². The van der Waals surface area contributed by atoms with E-state index in [2.05, 4.69) is 46.5 Å². The van der Waals surface area contributed by atoms with Crippen molar-refractivity contribution in [1.29, 1.82) is 0 Å². The topological polar surface area (TPSA) is 113 Å². The summed E-state index contributed by atoms with van der Waals surface area (Å²) < 4.78 is 6.48. The number of fused-ring (bicyclic) bond motifs is 1. The van der Waals surface area contributed by atoms with Gasteiger partial charge in [-0.05, 0) is 49.3 Å². The van der Waals surface area contributed by atoms with Gasteiger partial charge in [-0.2, -0.15) is 0 Å². The Balaban J connectivity index is 1.42. The van der Waals surface area contributed by atoms with Crippen molar-refractivity contribution in [2.45, 2.75) is 77.3 Å². The number of benzene rings is 1. The quantitative estimate of drug-likeness (QED) is 0.294. The van der Waals surface area contributed by atoms with Crippen molar-refractivity contribution in [2.24, 2.45) is 5.92 Å². The van der Waals surface area contributed by atoms with E-state index in [4.69, 9.17) is 9.72 Å². The fraction of sp³-hybridized carbons (Fsp3) is 0.613. The second kappa shape index (κ2) is 15.4. The van der Waals surface area contributed by atoms with Crippen molar-refractivity contribution in [1.82, 2.24) is 25.8 Å². The van der Waals surface area contributed by atoms with E-state index in [1.165, 1.54) is 5.56 Å². The van der Waals surface area contributed by atoms with Crippen LogP contribution in [0.1, 0.15) is 62.9 Å². The molecule has 2 fully saturated rings. The maximum Gasteiger partial charge on any atom is 0.247 e. The molecule has 2 aromatic rings. The van der Waals surface area contributed by atoms with Gasteiger partial charge in [0.2, 0.25) is 17.7 Å². The van der Waals surface area contributed by atoms with Gasteiger partial charge in [-0.3, -0.25) is 19.3 Å². The van der Waals surface area contributed by atoms with Gasteiger partial charge in [0.1, 0.15) is 6.04 Å². The molecule has 4 rings (SSSR count). The lowest BCUT2D eigenvalue weighted by Gasteiger charge is -2.29. The molecule has 0 radical (unpaired) electrons. The van der Waals surface area contributed by atoms with Crippen LogP contribution in [0.25, 0.3) is 10.2 Å². The summed E-state index contributed by atoms with van der Waals surface area (Å²) in [4.78, 5) is 46.1. The van der Waals surface area contributed by atoms with Gasteiger partial charge in [0.15, 0.2) is 0 Å². The van der Waals surface area contributed by atoms with Crippen LogP contribution in [0.4, 0.5) is 0 Å². The minimum Gasteiger partial charge on any atom is -0.379 e. The van der Waals surface area contributed by atoms with Crippen LogP contribution in [-0.4, -0.2) is 79.1 Å². The highest BCUT2D eigenvalue weighted by molar-refractivity contribution is 7.18. The number of aromatic nitrogens is 1. The van der Waals surface area contributed by atoms with Crippen LogP contribution in [0.15, 0.2) is 30.4 Å². The molecule has 224 valence electrons. The second-order valence-corrected chi connectivity index (χ2v) is 12.3. The minimum atomic E-state index is -0.740. The van der Waals surface area contributed by atoms with Crippen molar-refractivity contribution in [3.63, 3.8) is 0 Å². The van der Waals surface area contributed by atoms with Gasteiger partial charge in [0, 0.05) is 50.6 Å². The first-order valence-corrected chi connectivity index (χ1v) is 15.9. The van der Waals surface area contributed by atoms with Gasteiger partial charge in [-0.1, -0.05) is 39.3 Å². The summed E-state index contributed by atoms with van der Waals surface area (Å²) >= 11 is 1.57. The molecule has 2 aliphatic rings. The number of hydrogen-bond acceptors (Lipinski definition) is 7. The first kappa shape index (κ1) is 31.1. The maximum atomic E-state index is 13.7. The lowest BCUT2D eigenvalue weighted by atomic mass is 9.97. The number of carbonyl (C=O) groups excluding carboxylic acids is 3. The molecule has 41 heavy (non-hydrogen) atoms. The van der Waals surface area contributed by atoms with Crippen LogP contribution in [0.2, 0.25) is 0 Å². The zero-order chi connectivity index (χ0) is 29.2. The predicted octanol–water partition coefficient (Wildman–Crippen LogP) is 3.37. The predicted molar refractivity (Wildman–Crippen MR) is 163 cm³/mol. The molecule has 2 atom stereocenters. The molecule has 0 spiro atoms. The van der Waals surface area contributed by atoms with Crippen LogP contribution >= 0.6 is 11.3 Å². The van der Waals surface area contributed by atoms with Crippen molar-refractivity contribution in [3.05, 3.63) is 40.9 Å². The summed E-state index contributed by atoms with van der Waals surface area (Å²) in [6, 6.07) is 5.28. The first-order chi connectivity index (χ1) is 19.9. The standard InChI is InChI=1S/C31H45N5O4S/c1-4-8-28(37)33-25(18-29-34-24-12-11-22(5-2)17-27(24)41-29)31(39)35-26(23-9-6-7-10-23)19-32-30(38)21(3)20-36-13-15-40-16-14-36/h11-12,17,23,25-26H,3-10,13-16,18-20H2,1-2H3,(H,32,38)(H,33,37)(H,35,39)/t25-,26+/m0/s1. The molecule has 1 aromatic heterocycles. The molecule has 1 aromatic carbocycles. The molecule has 1 aliphatic carbocycles. The fourth-order valence-corrected chi connectivity index (χ4v) is 6.69. The smallest absolute Gasteiger partial charge is 0.247 e. The lowest BCUT2D eigenvalue weighted by Crippen LogP contribution is -2.55. The summed E-state index contributed by atoms with van der Waals surface area (Å²) in [7, 11) is 0. The molecular weight excluding hydrogens is 538 g/mol. The Morgan fingerprint density at radius 1 is 1.15 bits per heavy atom. The van der Waals surface area contributed by atoms with Crippen LogP contribution < -0.4 is 16.0 Å². The largest absolute Gasteiger partial charge is 0.379 e.